The molecule has 8 nitrogen and oxygen atoms in total. The smallest absolute Gasteiger partial charge is 0.225 e. The molecule has 0 bridgehead atoms. The van der Waals surface area contributed by atoms with Crippen LogP contribution in [0.5, 0.6) is 0 Å². The van der Waals surface area contributed by atoms with Gasteiger partial charge in [0.1, 0.15) is 11.6 Å². The second-order valence-corrected chi connectivity index (χ2v) is 7.93. The van der Waals surface area contributed by atoms with E-state index in [0.29, 0.717) is 19.1 Å². The Bertz CT molecular complexity index is 637. The van der Waals surface area contributed by atoms with Crippen LogP contribution in [0.4, 0.5) is 0 Å². The van der Waals surface area contributed by atoms with E-state index in [-0.39, 0.29) is 11.8 Å². The lowest BCUT2D eigenvalue weighted by atomic mass is 9.93. The van der Waals surface area contributed by atoms with E-state index in [0.717, 1.165) is 83.3 Å². The number of nitrogens with zero attached hydrogens (tertiary/aromatic N) is 5. The Hall–Kier alpha value is -1.51. The number of morpholine rings is 1. The summed E-state index contributed by atoms with van der Waals surface area (Å²) in [6.07, 6.45) is 3.81. The number of ether oxygens (including phenoxy) is 2. The van der Waals surface area contributed by atoms with Crippen LogP contribution in [0.1, 0.15) is 43.3 Å². The zero-order chi connectivity index (χ0) is 18.6. The molecular weight excluding hydrogens is 346 g/mol. The zero-order valence-corrected chi connectivity index (χ0v) is 16.3. The summed E-state index contributed by atoms with van der Waals surface area (Å²) in [7, 11) is 2.06. The summed E-state index contributed by atoms with van der Waals surface area (Å²) in [6.45, 7) is 7.32. The van der Waals surface area contributed by atoms with Gasteiger partial charge in [-0.05, 0) is 25.7 Å². The van der Waals surface area contributed by atoms with Gasteiger partial charge in [-0.25, -0.2) is 0 Å². The molecule has 0 aliphatic carbocycles. The first kappa shape index (κ1) is 18.8. The Balaban J connectivity index is 1.39. The van der Waals surface area contributed by atoms with E-state index in [9.17, 15) is 4.79 Å². The number of carbonyl (C=O) groups excluding carboxylic acids is 1. The average Bonchev–Trinajstić information content (AvgIpc) is 3.09. The van der Waals surface area contributed by atoms with Crippen molar-refractivity contribution in [2.75, 3.05) is 52.6 Å². The summed E-state index contributed by atoms with van der Waals surface area (Å²) in [5.74, 6) is 2.73. The number of likely N-dealkylation sites (tertiary alicyclic amines) is 1. The lowest BCUT2D eigenvalue weighted by Crippen LogP contribution is -2.44. The Morgan fingerprint density at radius 2 is 1.78 bits per heavy atom. The first-order valence-corrected chi connectivity index (χ1v) is 10.3. The molecular formula is C19H31N5O3. The molecule has 150 valence electrons. The third-order valence-corrected chi connectivity index (χ3v) is 6.14. The van der Waals surface area contributed by atoms with Crippen molar-refractivity contribution in [3.05, 3.63) is 11.6 Å². The second-order valence-electron chi connectivity index (χ2n) is 7.93. The van der Waals surface area contributed by atoms with Crippen LogP contribution in [0.25, 0.3) is 0 Å². The molecule has 3 fully saturated rings. The van der Waals surface area contributed by atoms with Crippen LogP contribution in [0.3, 0.4) is 0 Å². The van der Waals surface area contributed by atoms with Crippen molar-refractivity contribution < 1.29 is 14.3 Å². The molecule has 1 aromatic heterocycles. The van der Waals surface area contributed by atoms with Crippen molar-refractivity contribution in [3.8, 4) is 0 Å². The van der Waals surface area contributed by atoms with Gasteiger partial charge in [0.05, 0.1) is 19.8 Å². The van der Waals surface area contributed by atoms with Gasteiger partial charge in [-0.3, -0.25) is 9.69 Å². The molecule has 4 rings (SSSR count). The first-order chi connectivity index (χ1) is 13.2. The number of hydrogen-bond acceptors (Lipinski definition) is 6. The van der Waals surface area contributed by atoms with Crippen LogP contribution < -0.4 is 0 Å². The van der Waals surface area contributed by atoms with Gasteiger partial charge in [-0.2, -0.15) is 0 Å². The average molecular weight is 377 g/mol. The maximum Gasteiger partial charge on any atom is 0.225 e. The monoisotopic (exact) mass is 377 g/mol. The molecule has 27 heavy (non-hydrogen) atoms. The Kier molecular flexibility index (Phi) is 6.04. The largest absolute Gasteiger partial charge is 0.381 e. The maximum atomic E-state index is 12.9. The highest BCUT2D eigenvalue weighted by Crippen LogP contribution is 2.28. The van der Waals surface area contributed by atoms with Gasteiger partial charge >= 0.3 is 0 Å². The molecule has 1 atom stereocenters. The number of aromatic nitrogens is 3. The quantitative estimate of drug-likeness (QED) is 0.772. The molecule has 0 unspecified atom stereocenters. The predicted octanol–water partition coefficient (Wildman–Crippen LogP) is 0.780. The minimum absolute atomic E-state index is 0.133. The molecule has 3 aliphatic rings. The number of carbonyl (C=O) groups is 1. The summed E-state index contributed by atoms with van der Waals surface area (Å²) in [4.78, 5) is 17.3. The Morgan fingerprint density at radius 1 is 1.04 bits per heavy atom. The van der Waals surface area contributed by atoms with Crippen molar-refractivity contribution in [2.45, 2.75) is 38.1 Å². The van der Waals surface area contributed by atoms with E-state index in [1.165, 1.54) is 0 Å². The lowest BCUT2D eigenvalue weighted by Gasteiger charge is -2.35. The number of rotatable bonds is 4. The van der Waals surface area contributed by atoms with Crippen molar-refractivity contribution in [1.29, 1.82) is 0 Å². The zero-order valence-electron chi connectivity index (χ0n) is 16.3. The van der Waals surface area contributed by atoms with Gasteiger partial charge in [0.25, 0.3) is 0 Å². The third kappa shape index (κ3) is 4.33. The van der Waals surface area contributed by atoms with E-state index >= 15 is 0 Å². The van der Waals surface area contributed by atoms with E-state index in [1.54, 1.807) is 0 Å². The van der Waals surface area contributed by atoms with Crippen molar-refractivity contribution in [3.63, 3.8) is 0 Å². The van der Waals surface area contributed by atoms with Gasteiger partial charge in [-0.1, -0.05) is 0 Å². The van der Waals surface area contributed by atoms with Crippen LogP contribution in [-0.2, 0) is 27.9 Å². The highest BCUT2D eigenvalue weighted by Gasteiger charge is 2.32. The molecule has 8 heteroatoms. The van der Waals surface area contributed by atoms with Gasteiger partial charge in [0.15, 0.2) is 0 Å². The summed E-state index contributed by atoms with van der Waals surface area (Å²) in [5, 5.41) is 8.96. The van der Waals surface area contributed by atoms with Gasteiger partial charge in [0.2, 0.25) is 5.91 Å². The molecule has 4 heterocycles. The lowest BCUT2D eigenvalue weighted by molar-refractivity contribution is -0.139. The Morgan fingerprint density at radius 3 is 2.56 bits per heavy atom. The summed E-state index contributed by atoms with van der Waals surface area (Å²) < 4.78 is 13.0. The van der Waals surface area contributed by atoms with E-state index in [4.69, 9.17) is 9.47 Å². The normalized spacial score (nSPS) is 25.7. The predicted molar refractivity (Wildman–Crippen MR) is 99.2 cm³/mol. The SMILES string of the molecule is Cn1c(CN2CCOCC2)nnc1[C@H]1CCCN(C(=O)C2CCOCC2)C1. The third-order valence-electron chi connectivity index (χ3n) is 6.14. The van der Waals surface area contributed by atoms with Crippen molar-refractivity contribution in [1.82, 2.24) is 24.6 Å². The molecule has 0 radical (unpaired) electrons. The minimum Gasteiger partial charge on any atom is -0.381 e. The van der Waals surface area contributed by atoms with Crippen LogP contribution in [0, 0.1) is 5.92 Å². The van der Waals surface area contributed by atoms with E-state index < -0.39 is 0 Å². The van der Waals surface area contributed by atoms with Crippen molar-refractivity contribution >= 4 is 5.91 Å². The molecule has 1 amide bonds. The molecule has 0 spiro atoms. The standard InChI is InChI=1S/C19H31N5O3/c1-22-17(14-23-7-11-27-12-8-23)20-21-18(22)16-3-2-6-24(13-16)19(25)15-4-9-26-10-5-15/h15-16H,2-14H2,1H3/t16-/m0/s1. The fraction of sp³-hybridized carbons (Fsp3) is 0.842. The molecule has 0 N–H and O–H groups in total. The van der Waals surface area contributed by atoms with Crippen LogP contribution >= 0.6 is 0 Å². The van der Waals surface area contributed by atoms with Crippen LogP contribution in [-0.4, -0.2) is 83.1 Å². The summed E-state index contributed by atoms with van der Waals surface area (Å²) >= 11 is 0. The second kappa shape index (κ2) is 8.67. The topological polar surface area (TPSA) is 72.7 Å². The molecule has 1 aromatic rings. The molecule has 0 aromatic carbocycles. The summed E-state index contributed by atoms with van der Waals surface area (Å²) in [6, 6.07) is 0. The van der Waals surface area contributed by atoms with E-state index in [1.807, 2.05) is 0 Å². The number of hydrogen-bond donors (Lipinski definition) is 0. The van der Waals surface area contributed by atoms with Gasteiger partial charge in [-0.15, -0.1) is 10.2 Å². The van der Waals surface area contributed by atoms with E-state index in [2.05, 4.69) is 31.6 Å². The molecule has 0 saturated carbocycles. The molecule has 3 saturated heterocycles. The van der Waals surface area contributed by atoms with Crippen molar-refractivity contribution in [2.24, 2.45) is 13.0 Å². The minimum atomic E-state index is 0.133. The number of piperidine rings is 1. The van der Waals surface area contributed by atoms with Gasteiger partial charge < -0.3 is 18.9 Å². The van der Waals surface area contributed by atoms with Crippen LogP contribution in [0.2, 0.25) is 0 Å². The maximum absolute atomic E-state index is 12.9. The highest BCUT2D eigenvalue weighted by atomic mass is 16.5. The Labute approximate surface area is 160 Å². The molecule has 3 aliphatic heterocycles. The fourth-order valence-electron chi connectivity index (χ4n) is 4.42. The van der Waals surface area contributed by atoms with Gasteiger partial charge in [0, 0.05) is 58.3 Å². The first-order valence-electron chi connectivity index (χ1n) is 10.3. The highest BCUT2D eigenvalue weighted by molar-refractivity contribution is 5.79. The fourth-order valence-corrected chi connectivity index (χ4v) is 4.42. The number of amides is 1. The summed E-state index contributed by atoms with van der Waals surface area (Å²) in [5.41, 5.74) is 0. The van der Waals surface area contributed by atoms with Crippen LogP contribution in [0.15, 0.2) is 0 Å².